The van der Waals surface area contributed by atoms with Gasteiger partial charge in [0.1, 0.15) is 11.7 Å². The maximum absolute atomic E-state index is 13.0. The second-order valence-electron chi connectivity index (χ2n) is 4.66. The minimum absolute atomic E-state index is 0.484. The van der Waals surface area contributed by atoms with Crippen LogP contribution >= 0.6 is 0 Å². The Kier molecular flexibility index (Phi) is 7.01. The van der Waals surface area contributed by atoms with Crippen molar-refractivity contribution in [2.45, 2.75) is 13.8 Å². The standard InChI is InChI=1S/C12H20FN5O.C2H6/c1-16(2)11-8-12(18-4-6-19-7-5-18)15-10(14-11)9-17(3)13;1-2/h8-9,15H,4-7H2,1-3H3;1-2H3/b10-9+;. The van der Waals surface area contributed by atoms with Crippen LogP contribution in [0.3, 0.4) is 0 Å². The first-order valence-corrected chi connectivity index (χ1v) is 7.24. The Bertz CT molecular complexity index is 412. The van der Waals surface area contributed by atoms with Crippen LogP contribution in [-0.2, 0) is 4.74 Å². The van der Waals surface area contributed by atoms with E-state index in [1.54, 1.807) is 0 Å². The van der Waals surface area contributed by atoms with E-state index in [0.29, 0.717) is 24.2 Å². The number of halogens is 1. The average Bonchev–Trinajstić information content (AvgIpc) is 2.49. The Labute approximate surface area is 126 Å². The number of rotatable bonds is 2. The zero-order valence-corrected chi connectivity index (χ0v) is 13.6. The molecule has 2 heterocycles. The van der Waals surface area contributed by atoms with Gasteiger partial charge in [-0.1, -0.05) is 13.8 Å². The third-order valence-electron chi connectivity index (χ3n) is 2.87. The number of aliphatic imine (C=N–C) groups is 1. The first-order valence-electron chi connectivity index (χ1n) is 7.24. The molecule has 0 amide bonds. The summed E-state index contributed by atoms with van der Waals surface area (Å²) in [7, 11) is 5.15. The van der Waals surface area contributed by atoms with E-state index in [0.717, 1.165) is 24.7 Å². The number of amidine groups is 1. The molecule has 1 saturated heterocycles. The van der Waals surface area contributed by atoms with Crippen molar-refractivity contribution in [3.63, 3.8) is 0 Å². The summed E-state index contributed by atoms with van der Waals surface area (Å²) >= 11 is 0. The molecule has 0 radical (unpaired) electrons. The lowest BCUT2D eigenvalue weighted by Crippen LogP contribution is -2.42. The Hall–Kier alpha value is -1.76. The second-order valence-corrected chi connectivity index (χ2v) is 4.66. The van der Waals surface area contributed by atoms with Gasteiger partial charge in [0.25, 0.3) is 0 Å². The molecule has 0 aromatic carbocycles. The van der Waals surface area contributed by atoms with Gasteiger partial charge in [-0.15, -0.1) is 4.48 Å². The van der Waals surface area contributed by atoms with Crippen LogP contribution in [0.25, 0.3) is 0 Å². The maximum atomic E-state index is 13.0. The molecular formula is C14H26FN5O. The van der Waals surface area contributed by atoms with E-state index in [1.165, 1.54) is 13.2 Å². The van der Waals surface area contributed by atoms with Crippen molar-refractivity contribution in [3.8, 4) is 0 Å². The Balaban J connectivity index is 0.00000106. The smallest absolute Gasteiger partial charge is 0.152 e. The summed E-state index contributed by atoms with van der Waals surface area (Å²) in [4.78, 5) is 8.41. The molecule has 2 aliphatic rings. The topological polar surface area (TPSA) is 43.3 Å². The van der Waals surface area contributed by atoms with Gasteiger partial charge >= 0.3 is 0 Å². The van der Waals surface area contributed by atoms with Crippen LogP contribution in [-0.4, -0.2) is 68.2 Å². The predicted molar refractivity (Wildman–Crippen MR) is 83.0 cm³/mol. The molecule has 0 aromatic heterocycles. The number of nitrogens with zero attached hydrogens (tertiary/aromatic N) is 4. The molecule has 0 aromatic rings. The fraction of sp³-hybridized carbons (Fsp3) is 0.643. The Morgan fingerprint density at radius 2 is 1.90 bits per heavy atom. The molecule has 1 fully saturated rings. The molecule has 0 saturated carbocycles. The van der Waals surface area contributed by atoms with Crippen LogP contribution in [0, 0.1) is 0 Å². The van der Waals surface area contributed by atoms with Gasteiger partial charge < -0.3 is 19.9 Å². The summed E-state index contributed by atoms with van der Waals surface area (Å²) in [5, 5.41) is 3.62. The molecule has 0 atom stereocenters. The van der Waals surface area contributed by atoms with Gasteiger partial charge in [0.05, 0.1) is 19.4 Å². The molecule has 7 heteroatoms. The number of hydrogen-bond donors (Lipinski definition) is 1. The van der Waals surface area contributed by atoms with Crippen molar-refractivity contribution in [2.75, 3.05) is 47.4 Å². The lowest BCUT2D eigenvalue weighted by Gasteiger charge is -2.33. The Morgan fingerprint density at radius 1 is 1.29 bits per heavy atom. The van der Waals surface area contributed by atoms with Crippen molar-refractivity contribution in [1.29, 1.82) is 0 Å². The minimum atomic E-state index is 0.484. The number of nitrogens with one attached hydrogen (secondary N) is 1. The molecule has 2 aliphatic heterocycles. The maximum Gasteiger partial charge on any atom is 0.152 e. The third-order valence-corrected chi connectivity index (χ3v) is 2.87. The van der Waals surface area contributed by atoms with Gasteiger partial charge in [-0.05, 0) is 0 Å². The average molecular weight is 299 g/mol. The van der Waals surface area contributed by atoms with Crippen LogP contribution in [0.15, 0.2) is 28.9 Å². The summed E-state index contributed by atoms with van der Waals surface area (Å²) < 4.78 is 18.3. The van der Waals surface area contributed by atoms with E-state index in [-0.39, 0.29) is 0 Å². The second kappa shape index (κ2) is 8.51. The van der Waals surface area contributed by atoms with E-state index in [9.17, 15) is 4.48 Å². The van der Waals surface area contributed by atoms with Gasteiger partial charge in [0, 0.05) is 40.3 Å². The van der Waals surface area contributed by atoms with E-state index >= 15 is 0 Å². The van der Waals surface area contributed by atoms with Crippen LogP contribution in [0.5, 0.6) is 0 Å². The third kappa shape index (κ3) is 5.26. The van der Waals surface area contributed by atoms with Gasteiger partial charge in [0.15, 0.2) is 5.82 Å². The summed E-state index contributed by atoms with van der Waals surface area (Å²) in [6.07, 6.45) is 3.28. The quantitative estimate of drug-likeness (QED) is 0.780. The molecule has 0 unspecified atom stereocenters. The fourth-order valence-electron chi connectivity index (χ4n) is 1.91. The lowest BCUT2D eigenvalue weighted by molar-refractivity contribution is 0.0507. The molecule has 0 spiro atoms. The monoisotopic (exact) mass is 299 g/mol. The zero-order chi connectivity index (χ0) is 15.8. The van der Waals surface area contributed by atoms with Crippen molar-refractivity contribution in [2.24, 2.45) is 4.99 Å². The summed E-state index contributed by atoms with van der Waals surface area (Å²) in [5.74, 6) is 2.20. The van der Waals surface area contributed by atoms with E-state index < -0.39 is 0 Å². The van der Waals surface area contributed by atoms with Crippen molar-refractivity contribution in [3.05, 3.63) is 23.9 Å². The van der Waals surface area contributed by atoms with Crippen LogP contribution in [0.1, 0.15) is 13.8 Å². The van der Waals surface area contributed by atoms with Crippen LogP contribution in [0.4, 0.5) is 4.48 Å². The summed E-state index contributed by atoms with van der Waals surface area (Å²) in [6, 6.07) is 0. The molecule has 0 bridgehead atoms. The highest BCUT2D eigenvalue weighted by Gasteiger charge is 2.19. The highest BCUT2D eigenvalue weighted by molar-refractivity contribution is 5.94. The first kappa shape index (κ1) is 17.3. The van der Waals surface area contributed by atoms with Crippen LogP contribution in [0.2, 0.25) is 0 Å². The normalized spacial score (nSPS) is 19.9. The van der Waals surface area contributed by atoms with E-state index in [4.69, 9.17) is 4.74 Å². The van der Waals surface area contributed by atoms with Crippen molar-refractivity contribution in [1.82, 2.24) is 20.2 Å². The number of hydrogen-bond acceptors (Lipinski definition) is 6. The molecule has 21 heavy (non-hydrogen) atoms. The van der Waals surface area contributed by atoms with Gasteiger partial charge in [-0.2, -0.15) is 0 Å². The van der Waals surface area contributed by atoms with E-state index in [2.05, 4.69) is 15.2 Å². The summed E-state index contributed by atoms with van der Waals surface area (Å²) in [6.45, 7) is 7.04. The highest BCUT2D eigenvalue weighted by Crippen LogP contribution is 2.14. The molecule has 1 N–H and O–H groups in total. The molecule has 0 aliphatic carbocycles. The highest BCUT2D eigenvalue weighted by atomic mass is 19.2. The Morgan fingerprint density at radius 3 is 2.43 bits per heavy atom. The molecular weight excluding hydrogens is 273 g/mol. The molecule has 120 valence electrons. The van der Waals surface area contributed by atoms with Crippen molar-refractivity contribution < 1.29 is 9.22 Å². The van der Waals surface area contributed by atoms with Gasteiger partial charge in [0.2, 0.25) is 0 Å². The van der Waals surface area contributed by atoms with Gasteiger partial charge in [-0.3, -0.25) is 0 Å². The lowest BCUT2D eigenvalue weighted by atomic mass is 10.3. The molecule has 6 nitrogen and oxygen atoms in total. The van der Waals surface area contributed by atoms with E-state index in [1.807, 2.05) is 38.9 Å². The zero-order valence-electron chi connectivity index (χ0n) is 13.6. The number of likely N-dealkylation sites (N-methyl/N-ethyl adjacent to an activating group) is 1. The molecule has 2 rings (SSSR count). The number of morpholine rings is 1. The predicted octanol–water partition coefficient (Wildman–Crippen LogP) is 1.36. The fourth-order valence-corrected chi connectivity index (χ4v) is 1.91. The van der Waals surface area contributed by atoms with Crippen molar-refractivity contribution >= 4 is 5.84 Å². The van der Waals surface area contributed by atoms with Crippen LogP contribution < -0.4 is 5.32 Å². The number of ether oxygens (including phenoxy) is 1. The first-order chi connectivity index (χ1) is 10.1. The summed E-state index contributed by atoms with van der Waals surface area (Å²) in [5.41, 5.74) is 0. The SMILES string of the molecule is CC.CN(F)/C=C1\N=C(N(C)C)C=C(N2CCOCC2)N1. The van der Waals surface area contributed by atoms with Gasteiger partial charge in [-0.25, -0.2) is 10.1 Å². The minimum Gasteiger partial charge on any atom is -0.378 e. The largest absolute Gasteiger partial charge is 0.378 e.